The molecule has 2 atom stereocenters. The van der Waals surface area contributed by atoms with Gasteiger partial charge in [-0.3, -0.25) is 0 Å². The van der Waals surface area contributed by atoms with Crippen LogP contribution >= 0.6 is 15.9 Å². The van der Waals surface area contributed by atoms with E-state index in [-0.39, 0.29) is 17.9 Å². The Morgan fingerprint density at radius 2 is 2.19 bits per heavy atom. The van der Waals surface area contributed by atoms with Gasteiger partial charge in [0.05, 0.1) is 0 Å². The molecule has 5 heteroatoms. The van der Waals surface area contributed by atoms with Crippen LogP contribution < -0.4 is 11.1 Å². The number of nitrogens with one attached hydrogen (secondary N) is 1. The third-order valence-electron chi connectivity index (χ3n) is 2.95. The number of halogens is 2. The van der Waals surface area contributed by atoms with E-state index in [1.54, 1.807) is 6.20 Å². The highest BCUT2D eigenvalue weighted by Crippen LogP contribution is 2.22. The summed E-state index contributed by atoms with van der Waals surface area (Å²) in [4.78, 5) is 4.02. The van der Waals surface area contributed by atoms with Gasteiger partial charge in [-0.25, -0.2) is 9.37 Å². The summed E-state index contributed by atoms with van der Waals surface area (Å²) in [7, 11) is 0. The number of aromatic nitrogens is 1. The van der Waals surface area contributed by atoms with Crippen LogP contribution in [0.1, 0.15) is 25.7 Å². The second-order valence-corrected chi connectivity index (χ2v) is 5.10. The van der Waals surface area contributed by atoms with Gasteiger partial charge in [0.15, 0.2) is 11.6 Å². The predicted molar refractivity (Wildman–Crippen MR) is 65.7 cm³/mol. The van der Waals surface area contributed by atoms with Crippen LogP contribution in [0.3, 0.4) is 0 Å². The summed E-state index contributed by atoms with van der Waals surface area (Å²) < 4.78 is 14.2. The van der Waals surface area contributed by atoms with Crippen molar-refractivity contribution in [2.75, 3.05) is 5.32 Å². The Hall–Kier alpha value is -0.680. The molecule has 0 aliphatic heterocycles. The summed E-state index contributed by atoms with van der Waals surface area (Å²) in [6, 6.07) is 1.64. The Morgan fingerprint density at radius 3 is 2.88 bits per heavy atom. The standard InChI is InChI=1S/C11H15BrFN3/c12-7-5-8(13)11(15-6-7)16-10-4-2-1-3-9(10)14/h5-6,9-10H,1-4,14H2,(H,15,16)/t9-,10-/m1/s1. The molecule has 1 aromatic rings. The van der Waals surface area contributed by atoms with E-state index in [1.165, 1.54) is 6.07 Å². The van der Waals surface area contributed by atoms with Crippen molar-refractivity contribution in [3.63, 3.8) is 0 Å². The van der Waals surface area contributed by atoms with Gasteiger partial charge < -0.3 is 11.1 Å². The smallest absolute Gasteiger partial charge is 0.166 e. The molecule has 0 spiro atoms. The van der Waals surface area contributed by atoms with Crippen LogP contribution in [-0.4, -0.2) is 17.1 Å². The number of hydrogen-bond acceptors (Lipinski definition) is 3. The topological polar surface area (TPSA) is 50.9 Å². The highest BCUT2D eigenvalue weighted by Gasteiger charge is 2.22. The largest absolute Gasteiger partial charge is 0.363 e. The molecular formula is C11H15BrFN3. The summed E-state index contributed by atoms with van der Waals surface area (Å²) in [5, 5.41) is 3.09. The van der Waals surface area contributed by atoms with Crippen molar-refractivity contribution < 1.29 is 4.39 Å². The number of hydrogen-bond donors (Lipinski definition) is 2. The predicted octanol–water partition coefficient (Wildman–Crippen LogP) is 2.67. The van der Waals surface area contributed by atoms with Crippen molar-refractivity contribution in [2.24, 2.45) is 5.73 Å². The van der Waals surface area contributed by atoms with Gasteiger partial charge in [-0.15, -0.1) is 0 Å². The molecule has 1 fully saturated rings. The average molecular weight is 288 g/mol. The zero-order valence-electron chi connectivity index (χ0n) is 8.92. The maximum absolute atomic E-state index is 13.5. The van der Waals surface area contributed by atoms with Crippen LogP contribution in [0, 0.1) is 5.82 Å². The van der Waals surface area contributed by atoms with Crippen LogP contribution in [-0.2, 0) is 0 Å². The molecule has 0 saturated heterocycles. The molecule has 2 rings (SSSR count). The SMILES string of the molecule is N[C@@H]1CCCC[C@H]1Nc1ncc(Br)cc1F. The number of anilines is 1. The number of nitrogens with two attached hydrogens (primary N) is 1. The quantitative estimate of drug-likeness (QED) is 0.879. The lowest BCUT2D eigenvalue weighted by Gasteiger charge is -2.29. The van der Waals surface area contributed by atoms with Gasteiger partial charge in [-0.1, -0.05) is 12.8 Å². The number of rotatable bonds is 2. The first-order valence-corrected chi connectivity index (χ1v) is 6.29. The van der Waals surface area contributed by atoms with Crippen LogP contribution in [0.4, 0.5) is 10.2 Å². The molecule has 3 N–H and O–H groups in total. The van der Waals surface area contributed by atoms with E-state index < -0.39 is 0 Å². The van der Waals surface area contributed by atoms with E-state index in [9.17, 15) is 4.39 Å². The molecule has 16 heavy (non-hydrogen) atoms. The van der Waals surface area contributed by atoms with Crippen molar-refractivity contribution in [1.82, 2.24) is 4.98 Å². The number of pyridine rings is 1. The van der Waals surface area contributed by atoms with Gasteiger partial charge in [0.1, 0.15) is 0 Å². The summed E-state index contributed by atoms with van der Waals surface area (Å²) in [6.07, 6.45) is 5.87. The molecule has 0 radical (unpaired) electrons. The lowest BCUT2D eigenvalue weighted by Crippen LogP contribution is -2.42. The molecule has 1 aromatic heterocycles. The molecule has 3 nitrogen and oxygen atoms in total. The Morgan fingerprint density at radius 1 is 1.44 bits per heavy atom. The first-order valence-electron chi connectivity index (χ1n) is 5.50. The molecule has 1 aliphatic rings. The Labute approximate surface area is 103 Å². The molecule has 88 valence electrons. The van der Waals surface area contributed by atoms with E-state index in [4.69, 9.17) is 5.73 Å². The summed E-state index contributed by atoms with van der Waals surface area (Å²) in [5.41, 5.74) is 5.98. The first-order chi connectivity index (χ1) is 7.66. The fraction of sp³-hybridized carbons (Fsp3) is 0.545. The lowest BCUT2D eigenvalue weighted by atomic mass is 9.91. The first kappa shape index (κ1) is 11.8. The molecule has 0 aromatic carbocycles. The van der Waals surface area contributed by atoms with Crippen LogP contribution in [0.25, 0.3) is 0 Å². The van der Waals surface area contributed by atoms with Crippen LogP contribution in [0.15, 0.2) is 16.7 Å². The molecule has 1 aliphatic carbocycles. The minimum Gasteiger partial charge on any atom is -0.363 e. The van der Waals surface area contributed by atoms with Crippen molar-refractivity contribution in [3.05, 3.63) is 22.6 Å². The molecule has 0 unspecified atom stereocenters. The lowest BCUT2D eigenvalue weighted by molar-refractivity contribution is 0.402. The Kier molecular flexibility index (Phi) is 3.76. The molecule has 0 amide bonds. The van der Waals surface area contributed by atoms with E-state index in [1.807, 2.05) is 0 Å². The van der Waals surface area contributed by atoms with Crippen LogP contribution in [0.5, 0.6) is 0 Å². The second-order valence-electron chi connectivity index (χ2n) is 4.18. The summed E-state index contributed by atoms with van der Waals surface area (Å²) in [6.45, 7) is 0. The zero-order valence-corrected chi connectivity index (χ0v) is 10.5. The van der Waals surface area contributed by atoms with Gasteiger partial charge in [0.2, 0.25) is 0 Å². The highest BCUT2D eigenvalue weighted by atomic mass is 79.9. The average Bonchev–Trinajstić information content (AvgIpc) is 2.25. The third kappa shape index (κ3) is 2.71. The minimum atomic E-state index is -0.341. The minimum absolute atomic E-state index is 0.0959. The van der Waals surface area contributed by atoms with Gasteiger partial charge in [0.25, 0.3) is 0 Å². The van der Waals surface area contributed by atoms with Crippen molar-refractivity contribution in [1.29, 1.82) is 0 Å². The van der Waals surface area contributed by atoms with Gasteiger partial charge in [-0.05, 0) is 34.8 Å². The normalized spacial score (nSPS) is 25.4. The third-order valence-corrected chi connectivity index (χ3v) is 3.38. The maximum atomic E-state index is 13.5. The van der Waals surface area contributed by atoms with E-state index in [2.05, 4.69) is 26.2 Å². The van der Waals surface area contributed by atoms with Crippen LogP contribution in [0.2, 0.25) is 0 Å². The second kappa shape index (κ2) is 5.10. The van der Waals surface area contributed by atoms with Gasteiger partial charge in [0, 0.05) is 22.8 Å². The number of nitrogens with zero attached hydrogens (tertiary/aromatic N) is 1. The Bertz CT molecular complexity index is 372. The van der Waals surface area contributed by atoms with Crippen molar-refractivity contribution in [3.8, 4) is 0 Å². The molecule has 0 bridgehead atoms. The van der Waals surface area contributed by atoms with E-state index in [0.717, 1.165) is 25.7 Å². The van der Waals surface area contributed by atoms with Crippen molar-refractivity contribution in [2.45, 2.75) is 37.8 Å². The highest BCUT2D eigenvalue weighted by molar-refractivity contribution is 9.10. The van der Waals surface area contributed by atoms with Gasteiger partial charge >= 0.3 is 0 Å². The Balaban J connectivity index is 2.07. The maximum Gasteiger partial charge on any atom is 0.166 e. The monoisotopic (exact) mass is 287 g/mol. The van der Waals surface area contributed by atoms with E-state index in [0.29, 0.717) is 10.3 Å². The van der Waals surface area contributed by atoms with E-state index >= 15 is 0 Å². The molecule has 1 saturated carbocycles. The summed E-state index contributed by atoms with van der Waals surface area (Å²) >= 11 is 3.18. The summed E-state index contributed by atoms with van der Waals surface area (Å²) in [5.74, 6) is -0.0438. The fourth-order valence-corrected chi connectivity index (χ4v) is 2.34. The molecule has 1 heterocycles. The molecular weight excluding hydrogens is 273 g/mol. The van der Waals surface area contributed by atoms with Crippen molar-refractivity contribution >= 4 is 21.7 Å². The fourth-order valence-electron chi connectivity index (χ4n) is 2.04. The zero-order chi connectivity index (χ0) is 11.5. The van der Waals surface area contributed by atoms with Gasteiger partial charge in [-0.2, -0.15) is 0 Å².